The summed E-state index contributed by atoms with van der Waals surface area (Å²) in [6.45, 7) is 1.92. The Balaban J connectivity index is 2.06. The molecule has 0 fully saturated rings. The number of aryl methyl sites for hydroxylation is 1. The predicted octanol–water partition coefficient (Wildman–Crippen LogP) is 3.94. The van der Waals surface area contributed by atoms with Crippen LogP contribution in [0.15, 0.2) is 48.5 Å². The maximum Gasteiger partial charge on any atom is 0.299 e. The van der Waals surface area contributed by atoms with E-state index in [0.29, 0.717) is 5.69 Å². The lowest BCUT2D eigenvalue weighted by Gasteiger charge is -2.15. The van der Waals surface area contributed by atoms with E-state index in [4.69, 9.17) is 0 Å². The largest absolute Gasteiger partial charge is 0.377 e. The molecule has 0 heterocycles. The Morgan fingerprint density at radius 1 is 1.04 bits per heavy atom. The first-order valence-electron chi connectivity index (χ1n) is 7.20. The van der Waals surface area contributed by atoms with Crippen LogP contribution in [0.5, 0.6) is 0 Å². The molecule has 7 heteroatoms. The zero-order valence-electron chi connectivity index (χ0n) is 12.6. The average molecular weight is 315 g/mol. The molecule has 0 saturated carbocycles. The molecule has 0 saturated heterocycles. The lowest BCUT2D eigenvalue weighted by Crippen LogP contribution is -2.17. The van der Waals surface area contributed by atoms with Gasteiger partial charge in [0.05, 0.1) is 15.9 Å². The van der Waals surface area contributed by atoms with Crippen molar-refractivity contribution in [2.75, 3.05) is 5.32 Å². The van der Waals surface area contributed by atoms with E-state index in [0.717, 1.165) is 18.9 Å². The quantitative estimate of drug-likeness (QED) is 0.616. The van der Waals surface area contributed by atoms with Crippen molar-refractivity contribution in [2.45, 2.75) is 25.8 Å². The average Bonchev–Trinajstić information content (AvgIpc) is 2.54. The summed E-state index contributed by atoms with van der Waals surface area (Å²) in [6, 6.07) is 13.6. The molecule has 120 valence electrons. The van der Waals surface area contributed by atoms with Gasteiger partial charge in [0.15, 0.2) is 0 Å². The highest BCUT2D eigenvalue weighted by Crippen LogP contribution is 2.29. The summed E-state index contributed by atoms with van der Waals surface area (Å²) >= 11 is 0. The number of benzene rings is 2. The first-order chi connectivity index (χ1) is 11.0. The molecule has 0 aliphatic heterocycles. The fraction of sp³-hybridized carbons (Fsp3) is 0.250. The Morgan fingerprint density at radius 2 is 1.74 bits per heavy atom. The van der Waals surface area contributed by atoms with E-state index >= 15 is 0 Å². The van der Waals surface area contributed by atoms with Crippen molar-refractivity contribution in [3.63, 3.8) is 0 Å². The number of nitro benzene ring substituents is 2. The van der Waals surface area contributed by atoms with Crippen LogP contribution in [0.25, 0.3) is 0 Å². The van der Waals surface area contributed by atoms with Gasteiger partial charge in [0.1, 0.15) is 5.69 Å². The van der Waals surface area contributed by atoms with E-state index in [2.05, 4.69) is 5.32 Å². The molecule has 0 radical (unpaired) electrons. The molecule has 0 amide bonds. The molecule has 7 nitrogen and oxygen atoms in total. The standard InChI is InChI=1S/C16H17N3O4/c1-12(7-8-13-5-3-2-4-6-13)17-15-10-9-14(18(20)21)11-16(15)19(22)23/h2-6,9-12,17H,7-8H2,1H3. The number of rotatable bonds is 7. The topological polar surface area (TPSA) is 98.3 Å². The Bertz CT molecular complexity index is 704. The third-order valence-corrected chi connectivity index (χ3v) is 3.50. The molecule has 0 spiro atoms. The molecule has 1 N–H and O–H groups in total. The smallest absolute Gasteiger partial charge is 0.299 e. The van der Waals surface area contributed by atoms with Gasteiger partial charge in [-0.15, -0.1) is 0 Å². The summed E-state index contributed by atoms with van der Waals surface area (Å²) in [5, 5.41) is 24.9. The zero-order chi connectivity index (χ0) is 16.8. The van der Waals surface area contributed by atoms with Gasteiger partial charge in [0.2, 0.25) is 0 Å². The maximum absolute atomic E-state index is 11.1. The Kier molecular flexibility index (Phi) is 5.24. The third kappa shape index (κ3) is 4.50. The van der Waals surface area contributed by atoms with E-state index in [1.54, 1.807) is 0 Å². The molecule has 2 aromatic carbocycles. The van der Waals surface area contributed by atoms with Gasteiger partial charge in [-0.25, -0.2) is 0 Å². The second-order valence-electron chi connectivity index (χ2n) is 5.29. The van der Waals surface area contributed by atoms with Crippen molar-refractivity contribution in [3.8, 4) is 0 Å². The van der Waals surface area contributed by atoms with Crippen LogP contribution < -0.4 is 5.32 Å². The van der Waals surface area contributed by atoms with E-state index in [1.165, 1.54) is 17.7 Å². The summed E-state index contributed by atoms with van der Waals surface area (Å²) in [5.74, 6) is 0. The summed E-state index contributed by atoms with van der Waals surface area (Å²) < 4.78 is 0. The van der Waals surface area contributed by atoms with E-state index in [-0.39, 0.29) is 17.4 Å². The molecule has 1 atom stereocenters. The Hall–Kier alpha value is -2.96. The SMILES string of the molecule is CC(CCc1ccccc1)Nc1ccc([N+](=O)[O-])cc1[N+](=O)[O-]. The van der Waals surface area contributed by atoms with Crippen molar-refractivity contribution < 1.29 is 9.85 Å². The number of anilines is 1. The van der Waals surface area contributed by atoms with Crippen LogP contribution in [0.4, 0.5) is 17.1 Å². The van der Waals surface area contributed by atoms with Gasteiger partial charge in [0.25, 0.3) is 11.4 Å². The minimum Gasteiger partial charge on any atom is -0.377 e. The van der Waals surface area contributed by atoms with E-state index in [9.17, 15) is 20.2 Å². The first-order valence-corrected chi connectivity index (χ1v) is 7.20. The molecule has 0 bridgehead atoms. The van der Waals surface area contributed by atoms with Crippen molar-refractivity contribution in [2.24, 2.45) is 0 Å². The molecule has 1 unspecified atom stereocenters. The van der Waals surface area contributed by atoms with Gasteiger partial charge in [-0.1, -0.05) is 30.3 Å². The van der Waals surface area contributed by atoms with Crippen LogP contribution in [0.1, 0.15) is 18.9 Å². The number of hydrogen-bond acceptors (Lipinski definition) is 5. The number of nitro groups is 2. The first kappa shape index (κ1) is 16.4. The second kappa shape index (κ2) is 7.35. The molecular weight excluding hydrogens is 298 g/mol. The van der Waals surface area contributed by atoms with Crippen LogP contribution >= 0.6 is 0 Å². The van der Waals surface area contributed by atoms with Crippen LogP contribution in [0.3, 0.4) is 0 Å². The number of nitrogens with zero attached hydrogens (tertiary/aromatic N) is 2. The number of nitrogens with one attached hydrogen (secondary N) is 1. The molecule has 0 aliphatic carbocycles. The molecule has 0 aromatic heterocycles. The van der Waals surface area contributed by atoms with Crippen LogP contribution in [-0.2, 0) is 6.42 Å². The number of hydrogen-bond donors (Lipinski definition) is 1. The highest BCUT2D eigenvalue weighted by Gasteiger charge is 2.20. The van der Waals surface area contributed by atoms with Gasteiger partial charge >= 0.3 is 0 Å². The Morgan fingerprint density at radius 3 is 2.35 bits per heavy atom. The van der Waals surface area contributed by atoms with Gasteiger partial charge in [-0.05, 0) is 31.4 Å². The molecular formula is C16H17N3O4. The maximum atomic E-state index is 11.1. The molecule has 23 heavy (non-hydrogen) atoms. The van der Waals surface area contributed by atoms with Crippen LogP contribution in [-0.4, -0.2) is 15.9 Å². The zero-order valence-corrected chi connectivity index (χ0v) is 12.6. The van der Waals surface area contributed by atoms with Gasteiger partial charge in [0, 0.05) is 12.1 Å². The van der Waals surface area contributed by atoms with Gasteiger partial charge < -0.3 is 5.32 Å². The molecule has 0 aliphatic rings. The van der Waals surface area contributed by atoms with Gasteiger partial charge in [-0.3, -0.25) is 20.2 Å². The van der Waals surface area contributed by atoms with Crippen molar-refractivity contribution >= 4 is 17.1 Å². The Labute approximate surface area is 133 Å². The van der Waals surface area contributed by atoms with Gasteiger partial charge in [-0.2, -0.15) is 0 Å². The number of non-ortho nitro benzene ring substituents is 1. The monoisotopic (exact) mass is 315 g/mol. The summed E-state index contributed by atoms with van der Waals surface area (Å²) in [5.41, 5.74) is 0.908. The molecule has 2 aromatic rings. The van der Waals surface area contributed by atoms with Crippen molar-refractivity contribution in [1.82, 2.24) is 0 Å². The van der Waals surface area contributed by atoms with Crippen LogP contribution in [0.2, 0.25) is 0 Å². The van der Waals surface area contributed by atoms with E-state index < -0.39 is 9.85 Å². The lowest BCUT2D eigenvalue weighted by molar-refractivity contribution is -0.393. The predicted molar refractivity (Wildman–Crippen MR) is 87.6 cm³/mol. The minimum absolute atomic E-state index is 0.00429. The van der Waals surface area contributed by atoms with Crippen molar-refractivity contribution in [1.29, 1.82) is 0 Å². The normalized spacial score (nSPS) is 11.7. The fourth-order valence-corrected chi connectivity index (χ4v) is 2.27. The second-order valence-corrected chi connectivity index (χ2v) is 5.29. The highest BCUT2D eigenvalue weighted by atomic mass is 16.6. The summed E-state index contributed by atoms with van der Waals surface area (Å²) in [4.78, 5) is 20.6. The highest BCUT2D eigenvalue weighted by molar-refractivity contribution is 5.65. The fourth-order valence-electron chi connectivity index (χ4n) is 2.27. The summed E-state index contributed by atoms with van der Waals surface area (Å²) in [7, 11) is 0. The van der Waals surface area contributed by atoms with Crippen molar-refractivity contribution in [3.05, 3.63) is 74.3 Å². The summed E-state index contributed by atoms with van der Waals surface area (Å²) in [6.07, 6.45) is 1.63. The minimum atomic E-state index is -0.643. The van der Waals surface area contributed by atoms with Crippen LogP contribution in [0, 0.1) is 20.2 Å². The van der Waals surface area contributed by atoms with E-state index in [1.807, 2.05) is 37.3 Å². The third-order valence-electron chi connectivity index (χ3n) is 3.50. The lowest BCUT2D eigenvalue weighted by atomic mass is 10.1. The molecule has 2 rings (SSSR count).